The zero-order valence-corrected chi connectivity index (χ0v) is 9.91. The second-order valence-electron chi connectivity index (χ2n) is 0. The summed E-state index contributed by atoms with van der Waals surface area (Å²) >= 11 is 0.300. The van der Waals surface area contributed by atoms with E-state index in [1.54, 1.807) is 0 Å². The molecule has 0 unspecified atom stereocenters. The van der Waals surface area contributed by atoms with Crippen molar-refractivity contribution in [2.45, 2.75) is 0 Å². The molecule has 0 aromatic rings. The Hall–Kier alpha value is 2.13. The summed E-state index contributed by atoms with van der Waals surface area (Å²) in [6, 6.07) is 0. The summed E-state index contributed by atoms with van der Waals surface area (Å²) in [6.07, 6.45) is 0. The van der Waals surface area contributed by atoms with Crippen LogP contribution < -0.4 is 0 Å². The first-order chi connectivity index (χ1) is 1.00. The molecule has 5 heteroatoms. The van der Waals surface area contributed by atoms with Crippen molar-refractivity contribution in [2.24, 2.45) is 0 Å². The van der Waals surface area contributed by atoms with Crippen LogP contribution in [0.2, 0.25) is 0 Å². The fourth-order valence-corrected chi connectivity index (χ4v) is 0. The van der Waals surface area contributed by atoms with Gasteiger partial charge in [-0.25, -0.2) is 0 Å². The summed E-state index contributed by atoms with van der Waals surface area (Å²) in [4.78, 5) is 0. The van der Waals surface area contributed by atoms with Crippen molar-refractivity contribution < 1.29 is 53.4 Å². The fourth-order valence-electron chi connectivity index (χ4n) is 0. The van der Waals surface area contributed by atoms with E-state index in [-0.39, 0.29) is 50.7 Å². The van der Waals surface area contributed by atoms with Crippen LogP contribution in [-0.4, -0.2) is 0 Å². The van der Waals surface area contributed by atoms with Gasteiger partial charge in [-0.15, -0.1) is 24.8 Å². The molecule has 0 rings (SSSR count). The molecule has 0 spiro atoms. The molecule has 0 amide bonds. The van der Waals surface area contributed by atoms with Crippen LogP contribution in [-0.2, 0) is 53.4 Å². The van der Waals surface area contributed by atoms with Crippen molar-refractivity contribution in [1.82, 2.24) is 0 Å². The molecule has 30 valence electrons. The quantitative estimate of drug-likeness (QED) is 0.583. The van der Waals surface area contributed by atoms with Gasteiger partial charge in [-0.1, -0.05) is 0 Å². The van der Waals surface area contributed by atoms with E-state index in [9.17, 15) is 0 Å². The van der Waals surface area contributed by atoms with E-state index in [4.69, 9.17) is 2.81 Å². The topological polar surface area (TPSA) is 17.1 Å². The van der Waals surface area contributed by atoms with Crippen LogP contribution in [0.25, 0.3) is 0 Å². The van der Waals surface area contributed by atoms with E-state index in [0.29, 0.717) is 24.7 Å². The number of halogens is 2. The Morgan fingerprint density at radius 2 is 1.00 bits per heavy atom. The van der Waals surface area contributed by atoms with Gasteiger partial charge >= 0.3 is 27.5 Å². The molecule has 1 nitrogen and oxygen atoms in total. The summed E-state index contributed by atoms with van der Waals surface area (Å²) < 4.78 is 8.34. The van der Waals surface area contributed by atoms with Crippen LogP contribution in [0.3, 0.4) is 0 Å². The summed E-state index contributed by atoms with van der Waals surface area (Å²) in [7, 11) is 0. The Morgan fingerprint density at radius 1 is 1.00 bits per heavy atom. The second kappa shape index (κ2) is 35.5. The van der Waals surface area contributed by atoms with Gasteiger partial charge in [0.2, 0.25) is 0 Å². The van der Waals surface area contributed by atoms with E-state index in [2.05, 4.69) is 0 Å². The third-order valence-electron chi connectivity index (χ3n) is 0. The molecule has 0 fully saturated rings. The summed E-state index contributed by atoms with van der Waals surface area (Å²) in [5, 5.41) is 0. The van der Waals surface area contributed by atoms with Gasteiger partial charge in [0.15, 0.2) is 0 Å². The fraction of sp³-hybridized carbons (Fsp3) is 0. The van der Waals surface area contributed by atoms with Crippen LogP contribution in [0.15, 0.2) is 0 Å². The predicted octanol–water partition coefficient (Wildman–Crippen LogP) is 0.720. The average Bonchev–Trinajstić information content (AvgIpc) is 1.00. The molecule has 5 heavy (non-hydrogen) atoms. The summed E-state index contributed by atoms with van der Waals surface area (Å²) in [6.45, 7) is 0. The van der Waals surface area contributed by atoms with E-state index in [1.165, 1.54) is 0 Å². The first kappa shape index (κ1) is 27.3. The zero-order chi connectivity index (χ0) is 2.00. The molecular weight excluding hydrogens is 357 g/mol. The first-order valence-corrected chi connectivity index (χ1v) is 1.21. The van der Waals surface area contributed by atoms with Gasteiger partial charge in [-0.2, -0.15) is 0 Å². The maximum atomic E-state index is 8.34. The van der Waals surface area contributed by atoms with Crippen LogP contribution >= 0.6 is 24.8 Å². The third-order valence-corrected chi connectivity index (χ3v) is 0. The third kappa shape index (κ3) is 23.0. The second-order valence-corrected chi connectivity index (χ2v) is 0. The standard InChI is InChI=1S/2ClH.Hf.O.Zr/h2*1H;;;. The molecule has 0 heterocycles. The molecule has 0 aliphatic heterocycles. The number of hydrogen-bond acceptors (Lipinski definition) is 1. The van der Waals surface area contributed by atoms with Crippen LogP contribution in [0.1, 0.15) is 0 Å². The van der Waals surface area contributed by atoms with E-state index >= 15 is 0 Å². The van der Waals surface area contributed by atoms with Crippen LogP contribution in [0.4, 0.5) is 0 Å². The number of rotatable bonds is 0. The van der Waals surface area contributed by atoms with Gasteiger partial charge in [0, 0.05) is 25.8 Å². The predicted molar refractivity (Wildman–Crippen MR) is 15.2 cm³/mol. The van der Waals surface area contributed by atoms with Gasteiger partial charge < -0.3 is 0 Å². The Morgan fingerprint density at radius 3 is 1.00 bits per heavy atom. The van der Waals surface area contributed by atoms with Gasteiger partial charge in [-0.3, -0.25) is 0 Å². The van der Waals surface area contributed by atoms with Gasteiger partial charge in [-0.05, 0) is 0 Å². The Labute approximate surface area is 77.2 Å². The number of hydrogen-bond donors (Lipinski definition) is 0. The normalized spacial score (nSPS) is 0.600. The monoisotopic (exact) mass is 358 g/mol. The SMILES string of the molecule is Cl.Cl.[Hf].[O]=[Zr]. The molecule has 0 aromatic carbocycles. The minimum atomic E-state index is 0. The summed E-state index contributed by atoms with van der Waals surface area (Å²) in [5.74, 6) is 0. The van der Waals surface area contributed by atoms with Crippen molar-refractivity contribution >= 4 is 24.8 Å². The molecular formula is H2Cl2HfOZr. The molecule has 0 atom stereocenters. The molecule has 0 aliphatic carbocycles. The van der Waals surface area contributed by atoms with Crippen molar-refractivity contribution in [3.05, 3.63) is 0 Å². The van der Waals surface area contributed by atoms with E-state index < -0.39 is 0 Å². The molecule has 0 aromatic heterocycles. The van der Waals surface area contributed by atoms with Crippen LogP contribution in [0, 0.1) is 0 Å². The molecule has 0 saturated carbocycles. The van der Waals surface area contributed by atoms with E-state index in [0.717, 1.165) is 0 Å². The minimum absolute atomic E-state index is 0. The Kier molecular flexibility index (Phi) is 194. The van der Waals surface area contributed by atoms with Crippen molar-refractivity contribution in [3.8, 4) is 0 Å². The molecule has 0 radical (unpaired) electrons. The Balaban J connectivity index is -0.00000000167. The van der Waals surface area contributed by atoms with Gasteiger partial charge in [0.05, 0.1) is 0 Å². The average molecular weight is 359 g/mol. The van der Waals surface area contributed by atoms with E-state index in [1.807, 2.05) is 0 Å². The summed E-state index contributed by atoms with van der Waals surface area (Å²) in [5.41, 5.74) is 0. The zero-order valence-electron chi connectivity index (χ0n) is 2.22. The van der Waals surface area contributed by atoms with Crippen molar-refractivity contribution in [2.75, 3.05) is 0 Å². The Bertz CT molecular complexity index is 9.61. The maximum absolute atomic E-state index is 8.34. The molecule has 0 bridgehead atoms. The van der Waals surface area contributed by atoms with Crippen molar-refractivity contribution in [1.29, 1.82) is 0 Å². The van der Waals surface area contributed by atoms with Crippen molar-refractivity contribution in [3.63, 3.8) is 0 Å². The first-order valence-electron chi connectivity index (χ1n) is 0.204. The molecule has 0 N–H and O–H groups in total. The van der Waals surface area contributed by atoms with Gasteiger partial charge in [0.25, 0.3) is 0 Å². The molecule has 0 saturated heterocycles. The molecule has 0 aliphatic rings. The van der Waals surface area contributed by atoms with Crippen LogP contribution in [0.5, 0.6) is 0 Å². The van der Waals surface area contributed by atoms with Gasteiger partial charge in [0.1, 0.15) is 0 Å².